The second-order valence-electron chi connectivity index (χ2n) is 10.6. The Morgan fingerprint density at radius 2 is 1.78 bits per heavy atom. The number of hydrogen-bond acceptors (Lipinski definition) is 5. The van der Waals surface area contributed by atoms with Crippen molar-refractivity contribution in [2.45, 2.75) is 46.3 Å². The van der Waals surface area contributed by atoms with Crippen molar-refractivity contribution in [1.29, 1.82) is 0 Å². The molecule has 5 rings (SSSR count). The summed E-state index contributed by atoms with van der Waals surface area (Å²) in [7, 11) is 0. The van der Waals surface area contributed by atoms with Gasteiger partial charge in [0, 0.05) is 42.5 Å². The molecule has 2 heterocycles. The van der Waals surface area contributed by atoms with Crippen LogP contribution in [0.5, 0.6) is 17.2 Å². The highest BCUT2D eigenvalue weighted by atomic mass is 16.5. The van der Waals surface area contributed by atoms with Crippen molar-refractivity contribution in [2.24, 2.45) is 5.92 Å². The number of fused-ring (bicyclic) bond motifs is 1. The van der Waals surface area contributed by atoms with Gasteiger partial charge >= 0.3 is 0 Å². The van der Waals surface area contributed by atoms with Gasteiger partial charge in [0.1, 0.15) is 23.4 Å². The number of allylic oxidation sites excluding steroid dienone is 1. The molecule has 5 heteroatoms. The molecule has 3 atom stereocenters. The Balaban J connectivity index is 1.45. The molecule has 0 amide bonds. The van der Waals surface area contributed by atoms with Crippen molar-refractivity contribution in [2.75, 3.05) is 31.1 Å². The Morgan fingerprint density at radius 1 is 1.03 bits per heavy atom. The molecule has 3 aromatic rings. The number of ether oxygens (including phenoxy) is 1. The number of likely N-dealkylation sites (tertiary alicyclic amines) is 1. The monoisotopic (exact) mass is 498 g/mol. The van der Waals surface area contributed by atoms with Crippen LogP contribution in [-0.2, 0) is 0 Å². The predicted molar refractivity (Wildman–Crippen MR) is 151 cm³/mol. The van der Waals surface area contributed by atoms with E-state index in [9.17, 15) is 10.2 Å². The average molecular weight is 499 g/mol. The fourth-order valence-corrected chi connectivity index (χ4v) is 5.80. The van der Waals surface area contributed by atoms with Gasteiger partial charge in [-0.1, -0.05) is 31.2 Å². The molecule has 37 heavy (non-hydrogen) atoms. The van der Waals surface area contributed by atoms with Crippen LogP contribution in [0.25, 0.3) is 11.1 Å². The molecule has 2 N–H and O–H groups in total. The SMILES string of the molecule is CCN(CC(C)N1CCC(C)C1)c1ccc(C2Oc3ccc(O)cc3C(C)=C2c2cccc(O)c2)cc1. The van der Waals surface area contributed by atoms with Gasteiger partial charge in [-0.15, -0.1) is 0 Å². The van der Waals surface area contributed by atoms with E-state index in [4.69, 9.17) is 4.74 Å². The lowest BCUT2D eigenvalue weighted by molar-refractivity contribution is 0.253. The lowest BCUT2D eigenvalue weighted by atomic mass is 9.86. The summed E-state index contributed by atoms with van der Waals surface area (Å²) in [5, 5.41) is 20.3. The zero-order valence-corrected chi connectivity index (χ0v) is 22.3. The first-order valence-electron chi connectivity index (χ1n) is 13.4. The molecule has 5 nitrogen and oxygen atoms in total. The van der Waals surface area contributed by atoms with E-state index in [1.807, 2.05) is 18.2 Å². The number of phenolic OH excluding ortho intramolecular Hbond substituents is 2. The molecular formula is C32H38N2O3. The molecule has 2 aliphatic heterocycles. The second kappa shape index (κ2) is 10.5. The maximum absolute atomic E-state index is 10.2. The summed E-state index contributed by atoms with van der Waals surface area (Å²) in [4.78, 5) is 5.07. The van der Waals surface area contributed by atoms with Crippen LogP contribution in [-0.4, -0.2) is 47.3 Å². The molecule has 0 aromatic heterocycles. The van der Waals surface area contributed by atoms with Crippen LogP contribution < -0.4 is 9.64 Å². The van der Waals surface area contributed by atoms with E-state index in [2.05, 4.69) is 61.8 Å². The number of aromatic hydroxyl groups is 2. The van der Waals surface area contributed by atoms with Gasteiger partial charge in [0.15, 0.2) is 0 Å². The normalized spacial score (nSPS) is 20.4. The highest BCUT2D eigenvalue weighted by molar-refractivity contribution is 5.95. The van der Waals surface area contributed by atoms with Gasteiger partial charge < -0.3 is 19.8 Å². The Bertz CT molecular complexity index is 1280. The van der Waals surface area contributed by atoms with Gasteiger partial charge in [0.05, 0.1) is 0 Å². The summed E-state index contributed by atoms with van der Waals surface area (Å²) in [6, 6.07) is 21.8. The maximum Gasteiger partial charge on any atom is 0.150 e. The summed E-state index contributed by atoms with van der Waals surface area (Å²) in [6.45, 7) is 13.3. The lowest BCUT2D eigenvalue weighted by Gasteiger charge is -2.33. The van der Waals surface area contributed by atoms with E-state index in [1.165, 1.54) is 25.2 Å². The van der Waals surface area contributed by atoms with Crippen LogP contribution in [0.15, 0.2) is 66.7 Å². The molecule has 3 unspecified atom stereocenters. The molecule has 3 aromatic carbocycles. The standard InChI is InChI=1S/C32H38N2O3/c1-5-33(20-22(3)34-16-15-21(2)19-34)26-11-9-24(10-12-26)32-31(25-7-6-8-27(35)17-25)23(4)29-18-28(36)13-14-30(29)37-32/h6-14,17-18,21-22,32,35-36H,5,15-16,19-20H2,1-4H3. The molecule has 1 fully saturated rings. The number of anilines is 1. The van der Waals surface area contributed by atoms with Crippen LogP contribution in [0.4, 0.5) is 5.69 Å². The quantitative estimate of drug-likeness (QED) is 0.379. The molecule has 0 bridgehead atoms. The number of rotatable bonds is 7. The Labute approximate surface area is 220 Å². The first-order valence-corrected chi connectivity index (χ1v) is 13.4. The van der Waals surface area contributed by atoms with E-state index in [-0.39, 0.29) is 17.6 Å². The van der Waals surface area contributed by atoms with Crippen LogP contribution >= 0.6 is 0 Å². The maximum atomic E-state index is 10.2. The summed E-state index contributed by atoms with van der Waals surface area (Å²) >= 11 is 0. The smallest absolute Gasteiger partial charge is 0.150 e. The number of benzene rings is 3. The van der Waals surface area contributed by atoms with Crippen molar-refractivity contribution in [1.82, 2.24) is 4.90 Å². The average Bonchev–Trinajstić information content (AvgIpc) is 3.34. The first-order chi connectivity index (χ1) is 17.8. The lowest BCUT2D eigenvalue weighted by Crippen LogP contribution is -2.41. The predicted octanol–water partition coefficient (Wildman–Crippen LogP) is 6.72. The van der Waals surface area contributed by atoms with Crippen LogP contribution in [0.3, 0.4) is 0 Å². The topological polar surface area (TPSA) is 56.2 Å². The molecular weight excluding hydrogens is 460 g/mol. The van der Waals surface area contributed by atoms with Crippen molar-refractivity contribution in [3.63, 3.8) is 0 Å². The summed E-state index contributed by atoms with van der Waals surface area (Å²) < 4.78 is 6.55. The fourth-order valence-electron chi connectivity index (χ4n) is 5.80. The highest BCUT2D eigenvalue weighted by Crippen LogP contribution is 2.47. The number of hydrogen-bond donors (Lipinski definition) is 2. The molecule has 0 saturated carbocycles. The number of likely N-dealkylation sites (N-methyl/N-ethyl adjacent to an activating group) is 1. The third-order valence-corrected chi connectivity index (χ3v) is 7.94. The van der Waals surface area contributed by atoms with Gasteiger partial charge in [-0.25, -0.2) is 0 Å². The van der Waals surface area contributed by atoms with Crippen molar-refractivity contribution in [3.05, 3.63) is 83.4 Å². The Kier molecular flexibility index (Phi) is 7.16. The Morgan fingerprint density at radius 3 is 2.46 bits per heavy atom. The van der Waals surface area contributed by atoms with Crippen LogP contribution in [0.2, 0.25) is 0 Å². The van der Waals surface area contributed by atoms with Crippen LogP contribution in [0, 0.1) is 5.92 Å². The van der Waals surface area contributed by atoms with Gasteiger partial charge in [-0.05, 0) is 98.8 Å². The number of phenols is 2. The molecule has 0 spiro atoms. The molecule has 0 aliphatic carbocycles. The van der Waals surface area contributed by atoms with E-state index in [1.54, 1.807) is 24.3 Å². The zero-order chi connectivity index (χ0) is 26.1. The van der Waals surface area contributed by atoms with Gasteiger partial charge in [0.2, 0.25) is 0 Å². The minimum absolute atomic E-state index is 0.206. The summed E-state index contributed by atoms with van der Waals surface area (Å²) in [5.74, 6) is 1.96. The van der Waals surface area contributed by atoms with Crippen molar-refractivity contribution >= 4 is 16.8 Å². The first kappa shape index (κ1) is 25.2. The van der Waals surface area contributed by atoms with Crippen molar-refractivity contribution < 1.29 is 14.9 Å². The van der Waals surface area contributed by atoms with Crippen molar-refractivity contribution in [3.8, 4) is 17.2 Å². The molecule has 2 aliphatic rings. The fraction of sp³-hybridized carbons (Fsp3) is 0.375. The third kappa shape index (κ3) is 5.19. The minimum Gasteiger partial charge on any atom is -0.508 e. The second-order valence-corrected chi connectivity index (χ2v) is 10.6. The zero-order valence-electron chi connectivity index (χ0n) is 22.3. The van der Waals surface area contributed by atoms with E-state index in [0.29, 0.717) is 6.04 Å². The minimum atomic E-state index is -0.326. The van der Waals surface area contributed by atoms with E-state index in [0.717, 1.165) is 52.6 Å². The van der Waals surface area contributed by atoms with Gasteiger partial charge in [0.25, 0.3) is 0 Å². The van der Waals surface area contributed by atoms with Gasteiger partial charge in [-0.3, -0.25) is 4.90 Å². The third-order valence-electron chi connectivity index (χ3n) is 7.94. The van der Waals surface area contributed by atoms with Gasteiger partial charge in [-0.2, -0.15) is 0 Å². The van der Waals surface area contributed by atoms with E-state index < -0.39 is 0 Å². The Hall–Kier alpha value is -3.44. The largest absolute Gasteiger partial charge is 0.508 e. The van der Waals surface area contributed by atoms with E-state index >= 15 is 0 Å². The molecule has 1 saturated heterocycles. The molecule has 0 radical (unpaired) electrons. The van der Waals surface area contributed by atoms with Crippen LogP contribution in [0.1, 0.15) is 56.9 Å². The highest BCUT2D eigenvalue weighted by Gasteiger charge is 2.30. The molecule has 194 valence electrons. The summed E-state index contributed by atoms with van der Waals surface area (Å²) in [5.41, 5.74) is 6.06. The summed E-state index contributed by atoms with van der Waals surface area (Å²) in [6.07, 6.45) is 0.969. The number of nitrogens with zero attached hydrogens (tertiary/aromatic N) is 2.